The second kappa shape index (κ2) is 11.6. The highest BCUT2D eigenvalue weighted by Crippen LogP contribution is 2.57. The SMILES string of the molecule is Cc1cc(C2(c3ccc(N=C=O)c(C(C)c4c5ccccc5cc5ccccc45)c3)c3ccccc3-c3ccccc32)ccc1N=C=O. The van der Waals surface area contributed by atoms with Crippen LogP contribution in [0.5, 0.6) is 0 Å². The molecule has 0 amide bonds. The Kier molecular flexibility index (Phi) is 7.04. The number of hydrogen-bond acceptors (Lipinski definition) is 4. The fourth-order valence-corrected chi connectivity index (χ4v) is 8.04. The summed E-state index contributed by atoms with van der Waals surface area (Å²) in [6.07, 6.45) is 3.52. The van der Waals surface area contributed by atoms with Gasteiger partial charge in [0.15, 0.2) is 0 Å². The van der Waals surface area contributed by atoms with Gasteiger partial charge in [-0.25, -0.2) is 9.59 Å². The lowest BCUT2D eigenvalue weighted by atomic mass is 9.66. The van der Waals surface area contributed by atoms with Crippen molar-refractivity contribution < 1.29 is 9.59 Å². The number of isocyanates is 2. The number of fused-ring (bicyclic) bond motifs is 5. The maximum atomic E-state index is 11.9. The Morgan fingerprint density at radius 2 is 1.06 bits per heavy atom. The molecule has 0 bridgehead atoms. The van der Waals surface area contributed by atoms with Crippen LogP contribution in [0.25, 0.3) is 32.7 Å². The lowest BCUT2D eigenvalue weighted by Gasteiger charge is -2.35. The summed E-state index contributed by atoms with van der Waals surface area (Å²) in [6, 6.07) is 48.7. The van der Waals surface area contributed by atoms with Crippen molar-refractivity contribution in [2.24, 2.45) is 9.98 Å². The quantitative estimate of drug-likeness (QED) is 0.106. The molecule has 0 N–H and O–H groups in total. The van der Waals surface area contributed by atoms with E-state index in [1.165, 1.54) is 38.2 Å². The predicted molar refractivity (Wildman–Crippen MR) is 193 cm³/mol. The molecule has 0 saturated heterocycles. The summed E-state index contributed by atoms with van der Waals surface area (Å²) in [7, 11) is 0. The van der Waals surface area contributed by atoms with Crippen LogP contribution < -0.4 is 0 Å². The second-order valence-electron chi connectivity index (χ2n) is 12.5. The van der Waals surface area contributed by atoms with Crippen molar-refractivity contribution in [3.8, 4) is 11.1 Å². The van der Waals surface area contributed by atoms with Crippen LogP contribution in [0.15, 0.2) is 150 Å². The number of hydrogen-bond donors (Lipinski definition) is 0. The Balaban J connectivity index is 1.46. The lowest BCUT2D eigenvalue weighted by Crippen LogP contribution is -2.29. The van der Waals surface area contributed by atoms with Crippen molar-refractivity contribution in [2.75, 3.05) is 0 Å². The average molecular weight is 619 g/mol. The van der Waals surface area contributed by atoms with Crippen LogP contribution in [-0.4, -0.2) is 12.2 Å². The van der Waals surface area contributed by atoms with Crippen LogP contribution in [0, 0.1) is 6.92 Å². The van der Waals surface area contributed by atoms with Gasteiger partial charge in [-0.1, -0.05) is 128 Å². The summed E-state index contributed by atoms with van der Waals surface area (Å²) in [5, 5.41) is 4.67. The maximum Gasteiger partial charge on any atom is 0.240 e. The van der Waals surface area contributed by atoms with E-state index in [1.807, 2.05) is 25.1 Å². The van der Waals surface area contributed by atoms with E-state index in [2.05, 4.69) is 144 Å². The molecular weight excluding hydrogens is 588 g/mol. The minimum Gasteiger partial charge on any atom is -0.211 e. The minimum atomic E-state index is -0.694. The Labute approximate surface area is 278 Å². The van der Waals surface area contributed by atoms with Crippen LogP contribution in [-0.2, 0) is 15.0 Å². The van der Waals surface area contributed by atoms with Gasteiger partial charge in [0.1, 0.15) is 0 Å². The highest BCUT2D eigenvalue weighted by Gasteiger charge is 2.46. The molecule has 7 aromatic rings. The highest BCUT2D eigenvalue weighted by atomic mass is 16.1. The topological polar surface area (TPSA) is 58.9 Å². The van der Waals surface area contributed by atoms with Crippen LogP contribution in [0.4, 0.5) is 11.4 Å². The summed E-state index contributed by atoms with van der Waals surface area (Å²) in [4.78, 5) is 31.3. The van der Waals surface area contributed by atoms with Gasteiger partial charge in [-0.05, 0) is 96.7 Å². The van der Waals surface area contributed by atoms with Gasteiger partial charge in [-0.15, -0.1) is 0 Å². The molecule has 1 atom stereocenters. The fraction of sp³-hybridized carbons (Fsp3) is 0.0909. The van der Waals surface area contributed by atoms with Crippen LogP contribution in [0.3, 0.4) is 0 Å². The van der Waals surface area contributed by atoms with E-state index in [-0.39, 0.29) is 5.92 Å². The predicted octanol–water partition coefficient (Wildman–Crippen LogP) is 10.8. The molecule has 1 aliphatic rings. The van der Waals surface area contributed by atoms with E-state index >= 15 is 0 Å². The number of benzene rings is 7. The van der Waals surface area contributed by atoms with Crippen LogP contribution in [0.2, 0.25) is 0 Å². The van der Waals surface area contributed by atoms with E-state index in [9.17, 15) is 9.59 Å². The summed E-state index contributed by atoms with van der Waals surface area (Å²) < 4.78 is 0. The lowest BCUT2D eigenvalue weighted by molar-refractivity contribution is 0.564. The van der Waals surface area contributed by atoms with Crippen LogP contribution >= 0.6 is 0 Å². The molecule has 8 rings (SSSR count). The molecule has 0 aliphatic heterocycles. The molecule has 4 nitrogen and oxygen atoms in total. The van der Waals surface area contributed by atoms with E-state index in [0.717, 1.165) is 33.4 Å². The minimum absolute atomic E-state index is 0.122. The molecule has 1 aliphatic carbocycles. The summed E-state index contributed by atoms with van der Waals surface area (Å²) in [5.41, 5.74) is 10.3. The number of aliphatic imine (C=N–C) groups is 2. The van der Waals surface area contributed by atoms with Crippen molar-refractivity contribution in [2.45, 2.75) is 25.2 Å². The monoisotopic (exact) mass is 618 g/mol. The van der Waals surface area contributed by atoms with Gasteiger partial charge in [0.05, 0.1) is 16.8 Å². The van der Waals surface area contributed by atoms with Gasteiger partial charge < -0.3 is 0 Å². The van der Waals surface area contributed by atoms with E-state index < -0.39 is 5.41 Å². The third kappa shape index (κ3) is 4.32. The average Bonchev–Trinajstić information content (AvgIpc) is 3.43. The molecule has 0 fully saturated rings. The molecule has 0 radical (unpaired) electrons. The summed E-state index contributed by atoms with van der Waals surface area (Å²) >= 11 is 0. The first kappa shape index (κ1) is 29.2. The number of nitrogens with zero attached hydrogens (tertiary/aromatic N) is 2. The van der Waals surface area contributed by atoms with Gasteiger partial charge >= 0.3 is 0 Å². The standard InChI is InChI=1S/C44H30N2O2/c1-28-23-32(19-21-41(28)45-26-47)44(39-17-9-7-15-36(39)37-16-8-10-18-40(37)44)33-20-22-42(46-27-48)38(25-33)29(2)43-34-13-5-3-11-30(34)24-31-12-4-6-14-35(31)43/h3-25,29H,1-2H3. The van der Waals surface area contributed by atoms with Crippen molar-refractivity contribution >= 4 is 45.1 Å². The third-order valence-corrected chi connectivity index (χ3v) is 10.1. The molecular formula is C44H30N2O2. The first-order chi connectivity index (χ1) is 23.6. The molecule has 0 saturated carbocycles. The number of aryl methyl sites for hydroxylation is 1. The largest absolute Gasteiger partial charge is 0.240 e. The van der Waals surface area contributed by atoms with Gasteiger partial charge in [0.25, 0.3) is 0 Å². The zero-order chi connectivity index (χ0) is 32.8. The van der Waals surface area contributed by atoms with Crippen molar-refractivity contribution in [3.05, 3.63) is 178 Å². The summed E-state index contributed by atoms with van der Waals surface area (Å²) in [6.45, 7) is 4.18. The molecule has 0 aromatic heterocycles. The fourth-order valence-electron chi connectivity index (χ4n) is 8.04. The molecule has 0 heterocycles. The smallest absolute Gasteiger partial charge is 0.211 e. The van der Waals surface area contributed by atoms with Crippen molar-refractivity contribution in [3.63, 3.8) is 0 Å². The molecule has 0 spiro atoms. The Bertz CT molecular complexity index is 2420. The second-order valence-corrected chi connectivity index (χ2v) is 12.5. The Morgan fingerprint density at radius 3 is 1.65 bits per heavy atom. The first-order valence-electron chi connectivity index (χ1n) is 16.1. The summed E-state index contributed by atoms with van der Waals surface area (Å²) in [5.74, 6) is -0.122. The maximum absolute atomic E-state index is 11.9. The van der Waals surface area contributed by atoms with Crippen molar-refractivity contribution in [1.82, 2.24) is 0 Å². The third-order valence-electron chi connectivity index (χ3n) is 10.1. The molecule has 48 heavy (non-hydrogen) atoms. The normalized spacial score (nSPS) is 13.3. The Hall–Kier alpha value is -6.18. The molecule has 228 valence electrons. The molecule has 1 unspecified atom stereocenters. The van der Waals surface area contributed by atoms with Gasteiger partial charge in [-0.3, -0.25) is 0 Å². The van der Waals surface area contributed by atoms with E-state index in [4.69, 9.17) is 0 Å². The van der Waals surface area contributed by atoms with Crippen molar-refractivity contribution in [1.29, 1.82) is 0 Å². The molecule has 7 aromatic carbocycles. The van der Waals surface area contributed by atoms with Gasteiger partial charge in [0, 0.05) is 5.92 Å². The zero-order valence-electron chi connectivity index (χ0n) is 26.6. The van der Waals surface area contributed by atoms with E-state index in [1.54, 1.807) is 6.08 Å². The van der Waals surface area contributed by atoms with Crippen LogP contribution in [0.1, 0.15) is 51.8 Å². The Morgan fingerprint density at radius 1 is 0.562 bits per heavy atom. The number of rotatable bonds is 6. The number of carbonyl (C=O) groups excluding carboxylic acids is 2. The highest BCUT2D eigenvalue weighted by molar-refractivity contribution is 6.03. The van der Waals surface area contributed by atoms with Gasteiger partial charge in [0.2, 0.25) is 12.2 Å². The first-order valence-corrected chi connectivity index (χ1v) is 16.1. The van der Waals surface area contributed by atoms with Gasteiger partial charge in [-0.2, -0.15) is 9.98 Å². The zero-order valence-corrected chi connectivity index (χ0v) is 26.6. The van der Waals surface area contributed by atoms with E-state index in [0.29, 0.717) is 11.4 Å². The molecule has 4 heteroatoms.